The van der Waals surface area contributed by atoms with E-state index >= 15 is 0 Å². The van der Waals surface area contributed by atoms with Crippen LogP contribution in [-0.2, 0) is 11.3 Å². The average molecular weight is 337 g/mol. The molecule has 1 aromatic carbocycles. The molecular weight excluding hydrogens is 310 g/mol. The van der Waals surface area contributed by atoms with Gasteiger partial charge in [-0.3, -0.25) is 15.0 Å². The fraction of sp³-hybridized carbons (Fsp3) is 0.529. The maximum absolute atomic E-state index is 12.0. The molecule has 0 aromatic heterocycles. The van der Waals surface area contributed by atoms with Gasteiger partial charge in [-0.15, -0.1) is 0 Å². The van der Waals surface area contributed by atoms with Gasteiger partial charge in [0.2, 0.25) is 5.91 Å². The zero-order valence-corrected chi connectivity index (χ0v) is 15.0. The topological polar surface area (TPSA) is 79.9 Å². The summed E-state index contributed by atoms with van der Waals surface area (Å²) in [5.41, 5.74) is 0.994. The third kappa shape index (κ3) is 6.45. The van der Waals surface area contributed by atoms with Gasteiger partial charge in [0.15, 0.2) is 11.5 Å². The number of amides is 3. The lowest BCUT2D eigenvalue weighted by Crippen LogP contribution is -2.46. The summed E-state index contributed by atoms with van der Waals surface area (Å²) >= 11 is 0. The molecule has 1 rings (SSSR count). The van der Waals surface area contributed by atoms with Gasteiger partial charge in [0.05, 0.1) is 20.8 Å². The number of likely N-dealkylation sites (N-methyl/N-ethyl adjacent to an activating group) is 1. The second-order valence-electron chi connectivity index (χ2n) is 5.67. The van der Waals surface area contributed by atoms with E-state index in [0.717, 1.165) is 5.56 Å². The van der Waals surface area contributed by atoms with Gasteiger partial charge in [0, 0.05) is 12.6 Å². The molecule has 134 valence electrons. The van der Waals surface area contributed by atoms with E-state index in [9.17, 15) is 9.59 Å². The Morgan fingerprint density at radius 1 is 1.17 bits per heavy atom. The van der Waals surface area contributed by atoms with Crippen LogP contribution in [0, 0.1) is 0 Å². The summed E-state index contributed by atoms with van der Waals surface area (Å²) in [5.74, 6) is 0.967. The van der Waals surface area contributed by atoms with E-state index in [1.807, 2.05) is 43.9 Å². The summed E-state index contributed by atoms with van der Waals surface area (Å²) in [6.45, 7) is 7.00. The van der Waals surface area contributed by atoms with Crippen LogP contribution in [0.2, 0.25) is 0 Å². The molecule has 0 aliphatic carbocycles. The molecule has 0 aliphatic heterocycles. The van der Waals surface area contributed by atoms with E-state index in [-0.39, 0.29) is 18.5 Å². The van der Waals surface area contributed by atoms with Gasteiger partial charge in [-0.2, -0.15) is 0 Å². The fourth-order valence-corrected chi connectivity index (χ4v) is 2.18. The number of nitrogens with one attached hydrogen (secondary N) is 2. The van der Waals surface area contributed by atoms with Crippen molar-refractivity contribution < 1.29 is 19.1 Å². The first-order valence-electron chi connectivity index (χ1n) is 7.93. The van der Waals surface area contributed by atoms with Crippen molar-refractivity contribution in [3.05, 3.63) is 23.8 Å². The lowest BCUT2D eigenvalue weighted by molar-refractivity contribution is -0.121. The van der Waals surface area contributed by atoms with Crippen molar-refractivity contribution in [2.75, 3.05) is 27.3 Å². The monoisotopic (exact) mass is 337 g/mol. The van der Waals surface area contributed by atoms with Crippen LogP contribution in [0.25, 0.3) is 0 Å². The predicted octanol–water partition coefficient (Wildman–Crippen LogP) is 1.76. The highest BCUT2D eigenvalue weighted by Gasteiger charge is 2.14. The first-order chi connectivity index (χ1) is 11.4. The molecule has 2 N–H and O–H groups in total. The molecule has 0 saturated carbocycles. The van der Waals surface area contributed by atoms with E-state index < -0.39 is 6.03 Å². The van der Waals surface area contributed by atoms with Gasteiger partial charge >= 0.3 is 6.03 Å². The van der Waals surface area contributed by atoms with Gasteiger partial charge in [-0.05, 0) is 38.1 Å². The molecule has 0 bridgehead atoms. The third-order valence-electron chi connectivity index (χ3n) is 3.34. The second kappa shape index (κ2) is 9.77. The lowest BCUT2D eigenvalue weighted by atomic mass is 10.2. The Balaban J connectivity index is 2.64. The summed E-state index contributed by atoms with van der Waals surface area (Å²) in [5, 5.41) is 4.95. The SMILES string of the molecule is CCN(CC(=O)NC(=O)NC(C)C)Cc1ccc(OC)c(OC)c1. The van der Waals surface area contributed by atoms with Gasteiger partial charge in [-0.25, -0.2) is 4.79 Å². The molecule has 0 unspecified atom stereocenters. The number of hydrogen-bond acceptors (Lipinski definition) is 5. The summed E-state index contributed by atoms with van der Waals surface area (Å²) in [4.78, 5) is 25.4. The molecule has 0 heterocycles. The molecule has 1 aromatic rings. The fourth-order valence-electron chi connectivity index (χ4n) is 2.18. The first-order valence-corrected chi connectivity index (χ1v) is 7.93. The van der Waals surface area contributed by atoms with Gasteiger partial charge in [0.1, 0.15) is 0 Å². The Bertz CT molecular complexity index is 561. The highest BCUT2D eigenvalue weighted by Crippen LogP contribution is 2.27. The van der Waals surface area contributed by atoms with Crippen molar-refractivity contribution in [1.82, 2.24) is 15.5 Å². The third-order valence-corrected chi connectivity index (χ3v) is 3.34. The standard InChI is InChI=1S/C17H27N3O4/c1-6-20(11-16(21)19-17(22)18-12(2)3)10-13-7-8-14(23-4)15(9-13)24-5/h7-9,12H,6,10-11H2,1-5H3,(H2,18,19,21,22). The number of urea groups is 1. The molecule has 3 amide bonds. The number of hydrogen-bond donors (Lipinski definition) is 2. The lowest BCUT2D eigenvalue weighted by Gasteiger charge is -2.20. The maximum atomic E-state index is 12.0. The van der Waals surface area contributed by atoms with Crippen LogP contribution in [0.15, 0.2) is 18.2 Å². The Morgan fingerprint density at radius 3 is 2.38 bits per heavy atom. The Kier molecular flexibility index (Phi) is 8.05. The van der Waals surface area contributed by atoms with Gasteiger partial charge in [0.25, 0.3) is 0 Å². The molecule has 0 fully saturated rings. The smallest absolute Gasteiger partial charge is 0.321 e. The Labute approximate surface area is 143 Å². The molecule has 0 spiro atoms. The van der Waals surface area contributed by atoms with Crippen LogP contribution >= 0.6 is 0 Å². The number of imide groups is 1. The van der Waals surface area contributed by atoms with Crippen molar-refractivity contribution >= 4 is 11.9 Å². The summed E-state index contributed by atoms with van der Waals surface area (Å²) in [6.07, 6.45) is 0. The maximum Gasteiger partial charge on any atom is 0.321 e. The average Bonchev–Trinajstić information content (AvgIpc) is 2.52. The summed E-state index contributed by atoms with van der Waals surface area (Å²) in [6, 6.07) is 5.14. The van der Waals surface area contributed by atoms with Crippen LogP contribution in [0.1, 0.15) is 26.3 Å². The van der Waals surface area contributed by atoms with Crippen molar-refractivity contribution in [3.8, 4) is 11.5 Å². The molecule has 0 aliphatic rings. The minimum Gasteiger partial charge on any atom is -0.493 e. The number of carbonyl (C=O) groups is 2. The van der Waals surface area contributed by atoms with E-state index in [1.165, 1.54) is 0 Å². The van der Waals surface area contributed by atoms with Crippen LogP contribution < -0.4 is 20.1 Å². The largest absolute Gasteiger partial charge is 0.493 e. The van der Waals surface area contributed by atoms with Crippen LogP contribution in [-0.4, -0.2) is 50.2 Å². The van der Waals surface area contributed by atoms with Crippen molar-refractivity contribution in [1.29, 1.82) is 0 Å². The van der Waals surface area contributed by atoms with Crippen LogP contribution in [0.3, 0.4) is 0 Å². The number of nitrogens with zero attached hydrogens (tertiary/aromatic N) is 1. The van der Waals surface area contributed by atoms with Crippen molar-refractivity contribution in [2.45, 2.75) is 33.4 Å². The van der Waals surface area contributed by atoms with Crippen LogP contribution in [0.5, 0.6) is 11.5 Å². The van der Waals surface area contributed by atoms with Gasteiger partial charge < -0.3 is 14.8 Å². The highest BCUT2D eigenvalue weighted by molar-refractivity contribution is 5.95. The minimum atomic E-state index is -0.475. The summed E-state index contributed by atoms with van der Waals surface area (Å²) < 4.78 is 10.5. The minimum absolute atomic E-state index is 0.0214. The van der Waals surface area contributed by atoms with Gasteiger partial charge in [-0.1, -0.05) is 13.0 Å². The Hall–Kier alpha value is -2.28. The molecule has 0 saturated heterocycles. The normalized spacial score (nSPS) is 10.6. The Morgan fingerprint density at radius 2 is 1.83 bits per heavy atom. The van der Waals surface area contributed by atoms with Crippen LogP contribution in [0.4, 0.5) is 4.79 Å². The molecule has 7 nitrogen and oxygen atoms in total. The zero-order chi connectivity index (χ0) is 18.1. The number of carbonyl (C=O) groups excluding carboxylic acids is 2. The quantitative estimate of drug-likeness (QED) is 0.756. The summed E-state index contributed by atoms with van der Waals surface area (Å²) in [7, 11) is 3.17. The number of methoxy groups -OCH3 is 2. The number of rotatable bonds is 8. The second-order valence-corrected chi connectivity index (χ2v) is 5.67. The van der Waals surface area contributed by atoms with E-state index in [0.29, 0.717) is 24.6 Å². The highest BCUT2D eigenvalue weighted by atomic mass is 16.5. The molecular formula is C17H27N3O4. The molecule has 0 radical (unpaired) electrons. The van der Waals surface area contributed by atoms with E-state index in [1.54, 1.807) is 14.2 Å². The number of benzene rings is 1. The van der Waals surface area contributed by atoms with Crippen molar-refractivity contribution in [3.63, 3.8) is 0 Å². The zero-order valence-electron chi connectivity index (χ0n) is 15.0. The predicted molar refractivity (Wildman–Crippen MR) is 92.3 cm³/mol. The molecule has 7 heteroatoms. The van der Waals surface area contributed by atoms with E-state index in [4.69, 9.17) is 9.47 Å². The van der Waals surface area contributed by atoms with Crippen molar-refractivity contribution in [2.24, 2.45) is 0 Å². The first kappa shape index (κ1) is 19.8. The number of ether oxygens (including phenoxy) is 2. The molecule has 0 atom stereocenters. The molecule has 24 heavy (non-hydrogen) atoms. The van der Waals surface area contributed by atoms with E-state index in [2.05, 4.69) is 10.6 Å².